The lowest BCUT2D eigenvalue weighted by Gasteiger charge is -2.16. The summed E-state index contributed by atoms with van der Waals surface area (Å²) < 4.78 is 26.7. The molecule has 0 amide bonds. The molecule has 0 aliphatic carbocycles. The molecule has 19 heavy (non-hydrogen) atoms. The van der Waals surface area contributed by atoms with Crippen molar-refractivity contribution in [2.45, 2.75) is 30.7 Å². The summed E-state index contributed by atoms with van der Waals surface area (Å²) in [6.45, 7) is 1.80. The molecular formula is C11H16ClN3O3S. The summed E-state index contributed by atoms with van der Waals surface area (Å²) in [6.07, 6.45) is 0.642. The highest BCUT2D eigenvalue weighted by atomic mass is 35.5. The van der Waals surface area contributed by atoms with Crippen molar-refractivity contribution in [3.8, 4) is 0 Å². The molecule has 1 aromatic rings. The molecule has 0 aliphatic rings. The number of rotatable bonds is 6. The van der Waals surface area contributed by atoms with Gasteiger partial charge >= 0.3 is 0 Å². The molecule has 0 heterocycles. The lowest BCUT2D eigenvalue weighted by atomic mass is 10.1. The van der Waals surface area contributed by atoms with Gasteiger partial charge in [0.25, 0.3) is 0 Å². The summed E-state index contributed by atoms with van der Waals surface area (Å²) in [7, 11) is -3.67. The molecule has 106 valence electrons. The van der Waals surface area contributed by atoms with Crippen molar-refractivity contribution in [1.29, 1.82) is 0 Å². The summed E-state index contributed by atoms with van der Waals surface area (Å²) in [5, 5.41) is 11.7. The van der Waals surface area contributed by atoms with E-state index in [1.165, 1.54) is 12.1 Å². The molecule has 4 N–H and O–H groups in total. The molecule has 0 aliphatic heterocycles. The van der Waals surface area contributed by atoms with Gasteiger partial charge in [0.05, 0.1) is 4.90 Å². The van der Waals surface area contributed by atoms with Gasteiger partial charge in [0, 0.05) is 17.5 Å². The summed E-state index contributed by atoms with van der Waals surface area (Å²) in [5.41, 5.74) is 5.38. The van der Waals surface area contributed by atoms with Crippen molar-refractivity contribution in [2.75, 3.05) is 0 Å². The number of halogens is 1. The first kappa shape index (κ1) is 15.7. The quantitative estimate of drug-likeness (QED) is 0.321. The zero-order chi connectivity index (χ0) is 14.5. The number of amidine groups is 1. The summed E-state index contributed by atoms with van der Waals surface area (Å²) >= 11 is 5.76. The van der Waals surface area contributed by atoms with E-state index in [4.69, 9.17) is 22.5 Å². The summed E-state index contributed by atoms with van der Waals surface area (Å²) in [6, 6.07) is 5.51. The molecule has 0 bridgehead atoms. The van der Waals surface area contributed by atoms with Crippen LogP contribution in [0.4, 0.5) is 0 Å². The Morgan fingerprint density at radius 2 is 2.26 bits per heavy atom. The second-order valence-electron chi connectivity index (χ2n) is 3.98. The van der Waals surface area contributed by atoms with Crippen LogP contribution >= 0.6 is 11.6 Å². The molecule has 6 nitrogen and oxygen atoms in total. The molecule has 1 atom stereocenters. The van der Waals surface area contributed by atoms with Crippen molar-refractivity contribution in [2.24, 2.45) is 10.9 Å². The average Bonchev–Trinajstić information content (AvgIpc) is 2.37. The average molecular weight is 306 g/mol. The van der Waals surface area contributed by atoms with Crippen molar-refractivity contribution >= 4 is 27.5 Å². The molecule has 0 spiro atoms. The standard InChI is InChI=1S/C11H16ClN3O3S/c1-2-9(7-11(13)14-16)15-19(17,18)10-5-3-4-8(12)6-10/h3-6,9,15-16H,2,7H2,1H3,(H2,13,14). The Morgan fingerprint density at radius 1 is 1.58 bits per heavy atom. The highest BCUT2D eigenvalue weighted by molar-refractivity contribution is 7.89. The highest BCUT2D eigenvalue weighted by Gasteiger charge is 2.20. The maximum Gasteiger partial charge on any atom is 0.240 e. The maximum atomic E-state index is 12.1. The number of nitrogens with one attached hydrogen (secondary N) is 1. The predicted molar refractivity (Wildman–Crippen MR) is 73.9 cm³/mol. The molecule has 0 radical (unpaired) electrons. The van der Waals surface area contributed by atoms with Crippen LogP contribution < -0.4 is 10.5 Å². The minimum atomic E-state index is -3.67. The van der Waals surface area contributed by atoms with E-state index in [0.29, 0.717) is 11.4 Å². The predicted octanol–water partition coefficient (Wildman–Crippen LogP) is 1.53. The molecule has 8 heteroatoms. The Bertz CT molecular complexity index is 560. The fourth-order valence-corrected chi connectivity index (χ4v) is 3.10. The molecular weight excluding hydrogens is 290 g/mol. The van der Waals surface area contributed by atoms with Gasteiger partial charge in [0.2, 0.25) is 10.0 Å². The van der Waals surface area contributed by atoms with Gasteiger partial charge in [-0.25, -0.2) is 13.1 Å². The first-order valence-electron chi connectivity index (χ1n) is 5.63. The van der Waals surface area contributed by atoms with E-state index in [-0.39, 0.29) is 17.2 Å². The molecule has 1 aromatic carbocycles. The van der Waals surface area contributed by atoms with E-state index in [1.54, 1.807) is 19.1 Å². The largest absolute Gasteiger partial charge is 0.409 e. The first-order valence-corrected chi connectivity index (χ1v) is 7.49. The van der Waals surface area contributed by atoms with Crippen LogP contribution in [-0.2, 0) is 10.0 Å². The molecule has 1 rings (SSSR count). The normalized spacial score (nSPS) is 14.3. The number of benzene rings is 1. The third kappa shape index (κ3) is 4.70. The van der Waals surface area contributed by atoms with Crippen molar-refractivity contribution in [3.05, 3.63) is 29.3 Å². The molecule has 1 unspecified atom stereocenters. The zero-order valence-corrected chi connectivity index (χ0v) is 11.9. The lowest BCUT2D eigenvalue weighted by Crippen LogP contribution is -2.37. The molecule has 0 saturated heterocycles. The van der Waals surface area contributed by atoms with Crippen LogP contribution in [0.25, 0.3) is 0 Å². The SMILES string of the molecule is CCC(CC(N)=NO)NS(=O)(=O)c1cccc(Cl)c1. The Morgan fingerprint density at radius 3 is 2.79 bits per heavy atom. The van der Waals surface area contributed by atoms with Gasteiger partial charge in [-0.15, -0.1) is 0 Å². The Labute approximate surface area is 117 Å². The summed E-state index contributed by atoms with van der Waals surface area (Å²) in [5.74, 6) is -0.0272. The third-order valence-corrected chi connectivity index (χ3v) is 4.26. The number of sulfonamides is 1. The fourth-order valence-electron chi connectivity index (χ4n) is 1.48. The Hall–Kier alpha value is -1.31. The van der Waals surface area contributed by atoms with Gasteiger partial charge < -0.3 is 10.9 Å². The van der Waals surface area contributed by atoms with Gasteiger partial charge in [-0.1, -0.05) is 29.7 Å². The van der Waals surface area contributed by atoms with Gasteiger partial charge in [0.1, 0.15) is 5.84 Å². The summed E-state index contributed by atoms with van der Waals surface area (Å²) in [4.78, 5) is 0.0814. The monoisotopic (exact) mass is 305 g/mol. The smallest absolute Gasteiger partial charge is 0.240 e. The van der Waals surface area contributed by atoms with Crippen LogP contribution in [0.5, 0.6) is 0 Å². The lowest BCUT2D eigenvalue weighted by molar-refractivity contribution is 0.316. The molecule has 0 saturated carbocycles. The second-order valence-corrected chi connectivity index (χ2v) is 6.13. The second kappa shape index (κ2) is 6.74. The highest BCUT2D eigenvalue weighted by Crippen LogP contribution is 2.16. The van der Waals surface area contributed by atoms with Crippen LogP contribution in [-0.4, -0.2) is 25.5 Å². The van der Waals surface area contributed by atoms with E-state index in [1.807, 2.05) is 0 Å². The van der Waals surface area contributed by atoms with E-state index in [0.717, 1.165) is 0 Å². The minimum Gasteiger partial charge on any atom is -0.409 e. The van der Waals surface area contributed by atoms with Gasteiger partial charge in [-0.05, 0) is 24.6 Å². The fraction of sp³-hybridized carbons (Fsp3) is 0.364. The van der Waals surface area contributed by atoms with Gasteiger partial charge in [-0.3, -0.25) is 0 Å². The first-order chi connectivity index (χ1) is 8.89. The number of nitrogens with zero attached hydrogens (tertiary/aromatic N) is 1. The Balaban J connectivity index is 2.89. The minimum absolute atomic E-state index is 0.0272. The van der Waals surface area contributed by atoms with Crippen molar-refractivity contribution < 1.29 is 13.6 Å². The van der Waals surface area contributed by atoms with E-state index >= 15 is 0 Å². The Kier molecular flexibility index (Phi) is 5.59. The third-order valence-electron chi connectivity index (χ3n) is 2.50. The van der Waals surface area contributed by atoms with E-state index in [9.17, 15) is 8.42 Å². The van der Waals surface area contributed by atoms with Crippen LogP contribution in [0.15, 0.2) is 34.3 Å². The van der Waals surface area contributed by atoms with E-state index in [2.05, 4.69) is 9.88 Å². The van der Waals surface area contributed by atoms with Crippen molar-refractivity contribution in [1.82, 2.24) is 4.72 Å². The van der Waals surface area contributed by atoms with Gasteiger partial charge in [-0.2, -0.15) is 0 Å². The van der Waals surface area contributed by atoms with Crippen LogP contribution in [0, 0.1) is 0 Å². The maximum absolute atomic E-state index is 12.1. The van der Waals surface area contributed by atoms with Crippen LogP contribution in [0.2, 0.25) is 5.02 Å². The van der Waals surface area contributed by atoms with E-state index < -0.39 is 16.1 Å². The number of oxime groups is 1. The number of nitrogens with two attached hydrogens (primary N) is 1. The molecule has 0 aromatic heterocycles. The number of hydrogen-bond acceptors (Lipinski definition) is 4. The molecule has 0 fully saturated rings. The van der Waals surface area contributed by atoms with Crippen LogP contribution in [0.1, 0.15) is 19.8 Å². The number of hydrogen-bond donors (Lipinski definition) is 3. The zero-order valence-electron chi connectivity index (χ0n) is 10.4. The van der Waals surface area contributed by atoms with Crippen molar-refractivity contribution in [3.63, 3.8) is 0 Å². The topological polar surface area (TPSA) is 105 Å². The van der Waals surface area contributed by atoms with Crippen LogP contribution in [0.3, 0.4) is 0 Å². The van der Waals surface area contributed by atoms with Gasteiger partial charge in [0.15, 0.2) is 0 Å².